The van der Waals surface area contributed by atoms with Crippen molar-refractivity contribution >= 4 is 23.2 Å². The molecule has 0 saturated carbocycles. The van der Waals surface area contributed by atoms with E-state index in [0.29, 0.717) is 19.6 Å². The van der Waals surface area contributed by atoms with Gasteiger partial charge in [0.15, 0.2) is 0 Å². The van der Waals surface area contributed by atoms with Crippen LogP contribution in [0.2, 0.25) is 5.02 Å². The summed E-state index contributed by atoms with van der Waals surface area (Å²) in [7, 11) is 1.71. The number of halogens is 4. The zero-order chi connectivity index (χ0) is 19.9. The zero-order valence-corrected chi connectivity index (χ0v) is 15.5. The molecule has 2 rings (SSSR count). The highest BCUT2D eigenvalue weighted by molar-refractivity contribution is 6.34. The summed E-state index contributed by atoms with van der Waals surface area (Å²) in [5.41, 5.74) is -1.39. The number of nitrogens with zero attached hydrogens (tertiary/aromatic N) is 1. The Kier molecular flexibility index (Phi) is 7.50. The summed E-state index contributed by atoms with van der Waals surface area (Å²) in [5.74, 6) is 0.191. The van der Waals surface area contributed by atoms with E-state index in [4.69, 9.17) is 16.3 Å². The van der Waals surface area contributed by atoms with Crippen LogP contribution in [0.3, 0.4) is 0 Å². The molecule has 146 valence electrons. The van der Waals surface area contributed by atoms with E-state index in [0.717, 1.165) is 11.8 Å². The summed E-state index contributed by atoms with van der Waals surface area (Å²) in [6.45, 7) is 0.960. The van der Waals surface area contributed by atoms with Gasteiger partial charge in [-0.15, -0.1) is 0 Å². The topological polar surface area (TPSA) is 41.6 Å². The highest BCUT2D eigenvalue weighted by atomic mass is 35.5. The number of likely N-dealkylation sites (N-methyl/N-ethyl adjacent to an activating group) is 1. The average Bonchev–Trinajstić information content (AvgIpc) is 2.60. The fraction of sp³-hybridized carbons (Fsp3) is 0.316. The van der Waals surface area contributed by atoms with Crippen molar-refractivity contribution < 1.29 is 22.7 Å². The van der Waals surface area contributed by atoms with Gasteiger partial charge >= 0.3 is 6.18 Å². The molecule has 0 unspecified atom stereocenters. The van der Waals surface area contributed by atoms with Crippen LogP contribution in [0.25, 0.3) is 0 Å². The Labute approximate surface area is 160 Å². The minimum absolute atomic E-state index is 0.0616. The number of para-hydroxylation sites is 2. The van der Waals surface area contributed by atoms with Crippen molar-refractivity contribution in [3.05, 3.63) is 59.1 Å². The first-order valence-electron chi connectivity index (χ1n) is 8.29. The molecule has 0 aromatic heterocycles. The van der Waals surface area contributed by atoms with Crippen LogP contribution < -0.4 is 10.1 Å². The summed E-state index contributed by atoms with van der Waals surface area (Å²) in [5, 5.41) is 2.11. The van der Waals surface area contributed by atoms with Crippen molar-refractivity contribution in [2.24, 2.45) is 0 Å². The summed E-state index contributed by atoms with van der Waals surface area (Å²) in [6.07, 6.45) is -3.94. The number of ether oxygens (including phenoxy) is 1. The number of amides is 1. The van der Waals surface area contributed by atoms with Crippen LogP contribution in [0.5, 0.6) is 5.75 Å². The highest BCUT2D eigenvalue weighted by Gasteiger charge is 2.34. The fourth-order valence-corrected chi connectivity index (χ4v) is 2.65. The lowest BCUT2D eigenvalue weighted by Crippen LogP contribution is -2.32. The molecule has 2 aromatic rings. The van der Waals surface area contributed by atoms with Gasteiger partial charge in [-0.05, 0) is 37.7 Å². The number of hydrogen-bond acceptors (Lipinski definition) is 3. The van der Waals surface area contributed by atoms with Crippen LogP contribution in [0.15, 0.2) is 48.5 Å². The molecule has 2 aromatic carbocycles. The minimum atomic E-state index is -4.60. The van der Waals surface area contributed by atoms with Gasteiger partial charge in [0.2, 0.25) is 5.91 Å². The molecule has 0 aliphatic carbocycles. The number of alkyl halides is 3. The van der Waals surface area contributed by atoms with Crippen LogP contribution in [-0.2, 0) is 11.0 Å². The molecule has 0 bridgehead atoms. The van der Waals surface area contributed by atoms with Gasteiger partial charge in [-0.2, -0.15) is 13.2 Å². The molecule has 1 N–H and O–H groups in total. The Balaban J connectivity index is 1.82. The second-order valence-electron chi connectivity index (χ2n) is 5.96. The number of benzene rings is 2. The first-order valence-corrected chi connectivity index (χ1v) is 8.67. The van der Waals surface area contributed by atoms with Gasteiger partial charge in [-0.1, -0.05) is 35.9 Å². The maximum Gasteiger partial charge on any atom is 0.418 e. The Hall–Kier alpha value is -2.25. The third-order valence-electron chi connectivity index (χ3n) is 3.69. The average molecular weight is 401 g/mol. The molecule has 0 aliphatic heterocycles. The standard InChI is InChI=1S/C19H20ClF3N2O2/c1-25(11-6-12-27-14-7-3-2-4-8-14)13-17(26)24-18-15(19(21,22)23)9-5-10-16(18)20/h2-5,7-10H,6,11-13H2,1H3,(H,24,26). The van der Waals surface area contributed by atoms with E-state index in [2.05, 4.69) is 5.32 Å². The van der Waals surface area contributed by atoms with Crippen molar-refractivity contribution in [3.8, 4) is 5.75 Å². The van der Waals surface area contributed by atoms with Crippen LogP contribution in [0.1, 0.15) is 12.0 Å². The normalized spacial score (nSPS) is 11.5. The molecule has 0 aliphatic rings. The number of rotatable bonds is 8. The molecule has 0 atom stereocenters. The van der Waals surface area contributed by atoms with E-state index in [-0.39, 0.29) is 11.6 Å². The quantitative estimate of drug-likeness (QED) is 0.653. The maximum absolute atomic E-state index is 13.1. The fourth-order valence-electron chi connectivity index (χ4n) is 2.43. The Morgan fingerprint density at radius 1 is 1.15 bits per heavy atom. The number of hydrogen-bond donors (Lipinski definition) is 1. The second kappa shape index (κ2) is 9.62. The summed E-state index contributed by atoms with van der Waals surface area (Å²) < 4.78 is 44.7. The molecule has 0 fully saturated rings. The zero-order valence-electron chi connectivity index (χ0n) is 14.7. The summed E-state index contributed by atoms with van der Waals surface area (Å²) in [6, 6.07) is 12.7. The van der Waals surface area contributed by atoms with E-state index in [9.17, 15) is 18.0 Å². The molecule has 0 saturated heterocycles. The molecule has 0 heterocycles. The lowest BCUT2D eigenvalue weighted by molar-refractivity contribution is -0.137. The first-order chi connectivity index (χ1) is 12.8. The monoisotopic (exact) mass is 400 g/mol. The van der Waals surface area contributed by atoms with E-state index in [1.165, 1.54) is 12.1 Å². The molecule has 27 heavy (non-hydrogen) atoms. The Morgan fingerprint density at radius 2 is 1.85 bits per heavy atom. The number of nitrogens with one attached hydrogen (secondary N) is 1. The minimum Gasteiger partial charge on any atom is -0.494 e. The van der Waals surface area contributed by atoms with E-state index >= 15 is 0 Å². The Bertz CT molecular complexity index is 754. The maximum atomic E-state index is 13.1. The van der Waals surface area contributed by atoms with E-state index in [1.807, 2.05) is 30.3 Å². The Morgan fingerprint density at radius 3 is 2.52 bits per heavy atom. The molecular weight excluding hydrogens is 381 g/mol. The number of carbonyl (C=O) groups excluding carboxylic acids is 1. The highest BCUT2D eigenvalue weighted by Crippen LogP contribution is 2.38. The molecular formula is C19H20ClF3N2O2. The second-order valence-corrected chi connectivity index (χ2v) is 6.37. The third kappa shape index (κ3) is 6.77. The van der Waals surface area contributed by atoms with Crippen LogP contribution in [0.4, 0.5) is 18.9 Å². The lowest BCUT2D eigenvalue weighted by atomic mass is 10.1. The predicted molar refractivity (Wildman–Crippen MR) is 99.1 cm³/mol. The van der Waals surface area contributed by atoms with Gasteiger partial charge < -0.3 is 10.1 Å². The van der Waals surface area contributed by atoms with Gasteiger partial charge in [-0.3, -0.25) is 9.69 Å². The first kappa shape index (κ1) is 21.1. The summed E-state index contributed by atoms with van der Waals surface area (Å²) >= 11 is 5.83. The molecule has 8 heteroatoms. The smallest absolute Gasteiger partial charge is 0.418 e. The van der Waals surface area contributed by atoms with Crippen LogP contribution in [-0.4, -0.2) is 37.6 Å². The van der Waals surface area contributed by atoms with Gasteiger partial charge in [0.25, 0.3) is 0 Å². The SMILES string of the molecule is CN(CCCOc1ccccc1)CC(=O)Nc1c(Cl)cccc1C(F)(F)F. The van der Waals surface area contributed by atoms with Crippen molar-refractivity contribution in [2.45, 2.75) is 12.6 Å². The largest absolute Gasteiger partial charge is 0.494 e. The van der Waals surface area contributed by atoms with Crippen molar-refractivity contribution in [2.75, 3.05) is 32.1 Å². The van der Waals surface area contributed by atoms with Crippen molar-refractivity contribution in [1.29, 1.82) is 0 Å². The lowest BCUT2D eigenvalue weighted by Gasteiger charge is -2.19. The van der Waals surface area contributed by atoms with Crippen molar-refractivity contribution in [1.82, 2.24) is 4.90 Å². The number of carbonyl (C=O) groups is 1. The number of anilines is 1. The molecule has 0 radical (unpaired) electrons. The molecule has 0 spiro atoms. The summed E-state index contributed by atoms with van der Waals surface area (Å²) in [4.78, 5) is 13.8. The van der Waals surface area contributed by atoms with Crippen LogP contribution >= 0.6 is 11.6 Å². The van der Waals surface area contributed by atoms with Gasteiger partial charge in [0.05, 0.1) is 29.4 Å². The van der Waals surface area contributed by atoms with E-state index in [1.54, 1.807) is 11.9 Å². The predicted octanol–water partition coefficient (Wildman–Crippen LogP) is 4.70. The molecule has 4 nitrogen and oxygen atoms in total. The van der Waals surface area contributed by atoms with Gasteiger partial charge in [-0.25, -0.2) is 0 Å². The molecule has 1 amide bonds. The van der Waals surface area contributed by atoms with E-state index < -0.39 is 23.3 Å². The van der Waals surface area contributed by atoms with Gasteiger partial charge in [0.1, 0.15) is 5.75 Å². The third-order valence-corrected chi connectivity index (χ3v) is 4.01. The van der Waals surface area contributed by atoms with Crippen molar-refractivity contribution in [3.63, 3.8) is 0 Å². The van der Waals surface area contributed by atoms with Crippen LogP contribution in [0, 0.1) is 0 Å². The van der Waals surface area contributed by atoms with Gasteiger partial charge in [0, 0.05) is 6.54 Å².